The van der Waals surface area contributed by atoms with E-state index in [1.54, 1.807) is 31.7 Å². The molecule has 0 spiro atoms. The van der Waals surface area contributed by atoms with Crippen molar-refractivity contribution in [1.82, 2.24) is 20.2 Å². The molecule has 1 atom stereocenters. The Labute approximate surface area is 117 Å². The fraction of sp³-hybridized carbons (Fsp3) is 0.538. The minimum absolute atomic E-state index is 0.107. The highest BCUT2D eigenvalue weighted by molar-refractivity contribution is 6.36. The lowest BCUT2D eigenvalue weighted by Gasteiger charge is -2.12. The van der Waals surface area contributed by atoms with Crippen LogP contribution < -0.4 is 10.6 Å². The van der Waals surface area contributed by atoms with Gasteiger partial charge < -0.3 is 15.2 Å². The first-order chi connectivity index (χ1) is 9.43. The van der Waals surface area contributed by atoms with Crippen molar-refractivity contribution >= 4 is 17.6 Å². The predicted molar refractivity (Wildman–Crippen MR) is 73.1 cm³/mol. The van der Waals surface area contributed by atoms with Gasteiger partial charge in [-0.1, -0.05) is 0 Å². The van der Waals surface area contributed by atoms with E-state index in [9.17, 15) is 14.4 Å². The van der Waals surface area contributed by atoms with E-state index < -0.39 is 11.7 Å². The molecular formula is C13H20N4O3. The summed E-state index contributed by atoms with van der Waals surface area (Å²) in [5.41, 5.74) is 0.328. The number of nitrogens with zero attached hydrogens (tertiary/aromatic N) is 2. The van der Waals surface area contributed by atoms with E-state index >= 15 is 0 Å². The number of carbonyl (C=O) groups is 3. The summed E-state index contributed by atoms with van der Waals surface area (Å²) in [6.45, 7) is 3.96. The second-order valence-electron chi connectivity index (χ2n) is 4.62. The van der Waals surface area contributed by atoms with Gasteiger partial charge in [0, 0.05) is 32.3 Å². The SMILES string of the molecule is CCNC(=O)C(=O)CCC(C)NC(=O)c1cn(C)cn1. The number of Topliss-reactive ketones (excluding diaryl/α,β-unsaturated/α-hetero) is 1. The number of aryl methyl sites for hydroxylation is 1. The van der Waals surface area contributed by atoms with Crippen molar-refractivity contribution < 1.29 is 14.4 Å². The Balaban J connectivity index is 2.36. The highest BCUT2D eigenvalue weighted by Gasteiger charge is 2.16. The predicted octanol–water partition coefficient (Wildman–Crippen LogP) is 0.0238. The van der Waals surface area contributed by atoms with E-state index in [4.69, 9.17) is 0 Å². The molecule has 0 saturated heterocycles. The minimum atomic E-state index is -0.573. The molecule has 2 amide bonds. The topological polar surface area (TPSA) is 93.1 Å². The molecule has 0 fully saturated rings. The van der Waals surface area contributed by atoms with Crippen LogP contribution in [-0.4, -0.2) is 39.7 Å². The Hall–Kier alpha value is -2.18. The number of nitrogens with one attached hydrogen (secondary N) is 2. The van der Waals surface area contributed by atoms with Crippen LogP contribution in [0.25, 0.3) is 0 Å². The highest BCUT2D eigenvalue weighted by atomic mass is 16.2. The van der Waals surface area contributed by atoms with Crippen molar-refractivity contribution in [3.05, 3.63) is 18.2 Å². The molecule has 0 aromatic carbocycles. The number of imidazole rings is 1. The third kappa shape index (κ3) is 4.83. The molecule has 0 saturated carbocycles. The lowest BCUT2D eigenvalue weighted by atomic mass is 10.1. The highest BCUT2D eigenvalue weighted by Crippen LogP contribution is 2.01. The van der Waals surface area contributed by atoms with Crippen molar-refractivity contribution in [2.45, 2.75) is 32.7 Å². The number of amides is 2. The first kappa shape index (κ1) is 15.9. The van der Waals surface area contributed by atoms with Crippen LogP contribution in [0.1, 0.15) is 37.2 Å². The van der Waals surface area contributed by atoms with Crippen LogP contribution in [0.15, 0.2) is 12.5 Å². The molecule has 0 aliphatic rings. The standard InChI is InChI=1S/C13H20N4O3/c1-4-14-13(20)11(18)6-5-9(2)16-12(19)10-7-17(3)8-15-10/h7-9H,4-6H2,1-3H3,(H,14,20)(H,16,19). The molecule has 0 bridgehead atoms. The zero-order valence-corrected chi connectivity index (χ0v) is 12.0. The van der Waals surface area contributed by atoms with Crippen LogP contribution in [0.4, 0.5) is 0 Å². The Morgan fingerprint density at radius 2 is 2.10 bits per heavy atom. The van der Waals surface area contributed by atoms with Gasteiger partial charge in [0.2, 0.25) is 5.78 Å². The van der Waals surface area contributed by atoms with Crippen LogP contribution in [-0.2, 0) is 16.6 Å². The summed E-state index contributed by atoms with van der Waals surface area (Å²) >= 11 is 0. The molecule has 7 heteroatoms. The number of carbonyl (C=O) groups excluding carboxylic acids is 3. The third-order valence-electron chi connectivity index (χ3n) is 2.71. The van der Waals surface area contributed by atoms with E-state index in [1.165, 1.54) is 6.33 Å². The number of hydrogen-bond donors (Lipinski definition) is 2. The van der Waals surface area contributed by atoms with Gasteiger partial charge in [-0.2, -0.15) is 0 Å². The van der Waals surface area contributed by atoms with Gasteiger partial charge >= 0.3 is 0 Å². The maximum absolute atomic E-state index is 11.8. The molecule has 1 rings (SSSR count). The summed E-state index contributed by atoms with van der Waals surface area (Å²) in [5.74, 6) is -1.33. The zero-order chi connectivity index (χ0) is 15.1. The van der Waals surface area contributed by atoms with Gasteiger partial charge in [0.1, 0.15) is 5.69 Å². The summed E-state index contributed by atoms with van der Waals surface area (Å²) in [6, 6.07) is -0.206. The molecule has 1 aromatic rings. The molecule has 110 valence electrons. The average Bonchev–Trinajstić information content (AvgIpc) is 2.83. The number of likely N-dealkylation sites (N-methyl/N-ethyl adjacent to an activating group) is 1. The number of hydrogen-bond acceptors (Lipinski definition) is 4. The largest absolute Gasteiger partial charge is 0.350 e. The summed E-state index contributed by atoms with van der Waals surface area (Å²) in [6.07, 6.45) is 3.67. The molecule has 0 radical (unpaired) electrons. The number of ketones is 1. The van der Waals surface area contributed by atoms with Gasteiger partial charge in [-0.15, -0.1) is 0 Å². The molecule has 1 unspecified atom stereocenters. The Morgan fingerprint density at radius 1 is 1.40 bits per heavy atom. The van der Waals surface area contributed by atoms with Crippen molar-refractivity contribution in [3.63, 3.8) is 0 Å². The van der Waals surface area contributed by atoms with Crippen molar-refractivity contribution in [2.75, 3.05) is 6.54 Å². The average molecular weight is 280 g/mol. The van der Waals surface area contributed by atoms with Crippen LogP contribution in [0.2, 0.25) is 0 Å². The molecule has 2 N–H and O–H groups in total. The molecular weight excluding hydrogens is 260 g/mol. The van der Waals surface area contributed by atoms with Gasteiger partial charge in [0.15, 0.2) is 0 Å². The maximum Gasteiger partial charge on any atom is 0.287 e. The van der Waals surface area contributed by atoms with Gasteiger partial charge in [-0.3, -0.25) is 14.4 Å². The Kier molecular flexibility index (Phi) is 5.89. The van der Waals surface area contributed by atoms with Crippen LogP contribution in [0, 0.1) is 0 Å². The lowest BCUT2D eigenvalue weighted by molar-refractivity contribution is -0.137. The van der Waals surface area contributed by atoms with Crippen molar-refractivity contribution in [2.24, 2.45) is 7.05 Å². The molecule has 0 aliphatic carbocycles. The fourth-order valence-electron chi connectivity index (χ4n) is 1.62. The van der Waals surface area contributed by atoms with Crippen molar-refractivity contribution in [1.29, 1.82) is 0 Å². The fourth-order valence-corrected chi connectivity index (χ4v) is 1.62. The van der Waals surface area contributed by atoms with Gasteiger partial charge in [-0.25, -0.2) is 4.98 Å². The van der Waals surface area contributed by atoms with Gasteiger partial charge in [0.05, 0.1) is 6.33 Å². The Bertz CT molecular complexity index is 496. The first-order valence-electron chi connectivity index (χ1n) is 6.53. The smallest absolute Gasteiger partial charge is 0.287 e. The van der Waals surface area contributed by atoms with Crippen LogP contribution >= 0.6 is 0 Å². The van der Waals surface area contributed by atoms with E-state index in [-0.39, 0.29) is 18.4 Å². The monoisotopic (exact) mass is 280 g/mol. The van der Waals surface area contributed by atoms with E-state index in [1.807, 2.05) is 0 Å². The zero-order valence-electron chi connectivity index (χ0n) is 12.0. The molecule has 0 aliphatic heterocycles. The summed E-state index contributed by atoms with van der Waals surface area (Å²) < 4.78 is 1.68. The summed E-state index contributed by atoms with van der Waals surface area (Å²) in [4.78, 5) is 38.4. The summed E-state index contributed by atoms with van der Waals surface area (Å²) in [7, 11) is 1.78. The second-order valence-corrected chi connectivity index (χ2v) is 4.62. The van der Waals surface area contributed by atoms with Crippen LogP contribution in [0.3, 0.4) is 0 Å². The van der Waals surface area contributed by atoms with Gasteiger partial charge in [-0.05, 0) is 20.3 Å². The number of rotatable bonds is 7. The van der Waals surface area contributed by atoms with Crippen molar-refractivity contribution in [3.8, 4) is 0 Å². The lowest BCUT2D eigenvalue weighted by Crippen LogP contribution is -2.35. The quantitative estimate of drug-likeness (QED) is 0.689. The van der Waals surface area contributed by atoms with E-state index in [2.05, 4.69) is 15.6 Å². The molecule has 7 nitrogen and oxygen atoms in total. The molecule has 20 heavy (non-hydrogen) atoms. The van der Waals surface area contributed by atoms with E-state index in [0.29, 0.717) is 18.7 Å². The van der Waals surface area contributed by atoms with Crippen LogP contribution in [0.5, 0.6) is 0 Å². The molecule has 1 heterocycles. The van der Waals surface area contributed by atoms with Gasteiger partial charge in [0.25, 0.3) is 11.8 Å². The maximum atomic E-state index is 11.8. The summed E-state index contributed by atoms with van der Waals surface area (Å²) in [5, 5.41) is 5.19. The normalized spacial score (nSPS) is 11.8. The minimum Gasteiger partial charge on any atom is -0.350 e. The number of aromatic nitrogens is 2. The third-order valence-corrected chi connectivity index (χ3v) is 2.71. The van der Waals surface area contributed by atoms with E-state index in [0.717, 1.165) is 0 Å². The molecule has 1 aromatic heterocycles. The second kappa shape index (κ2) is 7.42. The first-order valence-corrected chi connectivity index (χ1v) is 6.53. The Morgan fingerprint density at radius 3 is 2.65 bits per heavy atom.